The maximum absolute atomic E-state index is 12.5. The average Bonchev–Trinajstić information content (AvgIpc) is 3.03. The van der Waals surface area contributed by atoms with Crippen LogP contribution in [0.4, 0.5) is 5.00 Å². The second-order valence-corrected chi connectivity index (χ2v) is 6.25. The van der Waals surface area contributed by atoms with Crippen molar-refractivity contribution in [3.8, 4) is 11.5 Å². The lowest BCUT2D eigenvalue weighted by Gasteiger charge is -2.18. The number of hydrogen-bond donors (Lipinski definition) is 1. The van der Waals surface area contributed by atoms with Gasteiger partial charge >= 0.3 is 5.97 Å². The van der Waals surface area contributed by atoms with Gasteiger partial charge in [-0.2, -0.15) is 0 Å². The summed E-state index contributed by atoms with van der Waals surface area (Å²) in [5.41, 5.74) is 0.798. The van der Waals surface area contributed by atoms with E-state index < -0.39 is 5.97 Å². The van der Waals surface area contributed by atoms with Crippen molar-refractivity contribution in [3.63, 3.8) is 0 Å². The highest BCUT2D eigenvalue weighted by atomic mass is 32.1. The summed E-state index contributed by atoms with van der Waals surface area (Å²) < 4.78 is 15.7. The van der Waals surface area contributed by atoms with E-state index in [1.165, 1.54) is 18.4 Å². The topological polar surface area (TPSA) is 73.9 Å². The normalized spacial score (nSPS) is 12.6. The minimum atomic E-state index is -0.469. The zero-order valence-corrected chi connectivity index (χ0v) is 14.2. The SMILES string of the molecule is CCc1cc(C(=O)OC)c(NC(=O)c2ccc3c(c2)OCCO3)s1. The number of amides is 1. The van der Waals surface area contributed by atoms with Crippen LogP contribution in [0.15, 0.2) is 24.3 Å². The summed E-state index contributed by atoms with van der Waals surface area (Å²) in [6, 6.07) is 6.75. The highest BCUT2D eigenvalue weighted by Crippen LogP contribution is 2.32. The van der Waals surface area contributed by atoms with Gasteiger partial charge in [0, 0.05) is 10.4 Å². The van der Waals surface area contributed by atoms with Crippen LogP contribution in [0.25, 0.3) is 0 Å². The van der Waals surface area contributed by atoms with Gasteiger partial charge in [0.05, 0.1) is 12.7 Å². The van der Waals surface area contributed by atoms with Crippen molar-refractivity contribution in [1.29, 1.82) is 0 Å². The molecule has 126 valence electrons. The second-order valence-electron chi connectivity index (χ2n) is 5.11. The quantitative estimate of drug-likeness (QED) is 0.860. The molecule has 0 atom stereocenters. The van der Waals surface area contributed by atoms with Crippen LogP contribution in [0.2, 0.25) is 0 Å². The molecule has 1 aromatic heterocycles. The number of ether oxygens (including phenoxy) is 3. The molecule has 0 radical (unpaired) electrons. The number of methoxy groups -OCH3 is 1. The third-order valence-electron chi connectivity index (χ3n) is 3.57. The number of aryl methyl sites for hydroxylation is 1. The Morgan fingerprint density at radius 1 is 1.21 bits per heavy atom. The third kappa shape index (κ3) is 3.21. The third-order valence-corrected chi connectivity index (χ3v) is 4.76. The molecule has 0 fully saturated rings. The maximum atomic E-state index is 12.5. The van der Waals surface area contributed by atoms with Crippen molar-refractivity contribution in [2.75, 3.05) is 25.6 Å². The van der Waals surface area contributed by atoms with Crippen molar-refractivity contribution < 1.29 is 23.8 Å². The van der Waals surface area contributed by atoms with Crippen LogP contribution in [-0.4, -0.2) is 32.2 Å². The predicted molar refractivity (Wildman–Crippen MR) is 90.4 cm³/mol. The standard InChI is InChI=1S/C17H17NO5S/c1-3-11-9-12(17(20)21-2)16(24-11)18-15(19)10-4-5-13-14(8-10)23-7-6-22-13/h4-5,8-9H,3,6-7H2,1-2H3,(H,18,19). The van der Waals surface area contributed by atoms with E-state index in [2.05, 4.69) is 5.32 Å². The van der Waals surface area contributed by atoms with Gasteiger partial charge in [-0.05, 0) is 30.7 Å². The summed E-state index contributed by atoms with van der Waals surface area (Å²) in [6.45, 7) is 2.94. The van der Waals surface area contributed by atoms with Gasteiger partial charge in [-0.3, -0.25) is 4.79 Å². The number of benzene rings is 1. The van der Waals surface area contributed by atoms with Crippen molar-refractivity contribution in [2.45, 2.75) is 13.3 Å². The lowest BCUT2D eigenvalue weighted by Crippen LogP contribution is -2.17. The second kappa shape index (κ2) is 6.92. The molecule has 1 N–H and O–H groups in total. The first kappa shape index (κ1) is 16.3. The van der Waals surface area contributed by atoms with E-state index in [1.807, 2.05) is 6.92 Å². The van der Waals surface area contributed by atoms with Gasteiger partial charge in [0.25, 0.3) is 5.91 Å². The van der Waals surface area contributed by atoms with Crippen LogP contribution in [0.5, 0.6) is 11.5 Å². The monoisotopic (exact) mass is 347 g/mol. The van der Waals surface area contributed by atoms with E-state index >= 15 is 0 Å². The molecule has 1 aliphatic rings. The number of nitrogens with one attached hydrogen (secondary N) is 1. The number of anilines is 1. The summed E-state index contributed by atoms with van der Waals surface area (Å²) in [5.74, 6) is 0.380. The molecule has 2 heterocycles. The Morgan fingerprint density at radius 3 is 2.67 bits per heavy atom. The van der Waals surface area contributed by atoms with Crippen LogP contribution in [0.1, 0.15) is 32.5 Å². The minimum Gasteiger partial charge on any atom is -0.486 e. The molecule has 1 amide bonds. The lowest BCUT2D eigenvalue weighted by molar-refractivity contribution is 0.0602. The molecule has 0 saturated heterocycles. The molecule has 1 aromatic carbocycles. The van der Waals surface area contributed by atoms with E-state index in [9.17, 15) is 9.59 Å². The number of esters is 1. The van der Waals surface area contributed by atoms with Crippen LogP contribution in [-0.2, 0) is 11.2 Å². The number of thiophene rings is 1. The fourth-order valence-electron chi connectivity index (χ4n) is 2.33. The highest BCUT2D eigenvalue weighted by molar-refractivity contribution is 7.16. The number of fused-ring (bicyclic) bond motifs is 1. The van der Waals surface area contributed by atoms with E-state index in [1.54, 1.807) is 24.3 Å². The Balaban J connectivity index is 1.84. The van der Waals surface area contributed by atoms with Gasteiger partial charge in [-0.1, -0.05) is 6.92 Å². The Labute approximate surface area is 143 Å². The molecule has 3 rings (SSSR count). The predicted octanol–water partition coefficient (Wildman–Crippen LogP) is 3.12. The summed E-state index contributed by atoms with van der Waals surface area (Å²) in [7, 11) is 1.32. The molecule has 2 aromatic rings. The first-order valence-corrected chi connectivity index (χ1v) is 8.36. The summed E-state index contributed by atoms with van der Waals surface area (Å²) in [4.78, 5) is 25.4. The van der Waals surface area contributed by atoms with Crippen LogP contribution < -0.4 is 14.8 Å². The molecule has 1 aliphatic heterocycles. The van der Waals surface area contributed by atoms with Gasteiger partial charge < -0.3 is 19.5 Å². The molecule has 0 aliphatic carbocycles. The van der Waals surface area contributed by atoms with Crippen molar-refractivity contribution in [1.82, 2.24) is 0 Å². The maximum Gasteiger partial charge on any atom is 0.340 e. The number of carbonyl (C=O) groups is 2. The smallest absolute Gasteiger partial charge is 0.340 e. The zero-order chi connectivity index (χ0) is 17.1. The lowest BCUT2D eigenvalue weighted by atomic mass is 10.1. The van der Waals surface area contributed by atoms with E-state index in [4.69, 9.17) is 14.2 Å². The summed E-state index contributed by atoms with van der Waals surface area (Å²) in [5, 5.41) is 3.27. The van der Waals surface area contributed by atoms with E-state index in [0.29, 0.717) is 40.8 Å². The fourth-order valence-corrected chi connectivity index (χ4v) is 3.31. The summed E-state index contributed by atoms with van der Waals surface area (Å²) >= 11 is 1.37. The van der Waals surface area contributed by atoms with E-state index in [-0.39, 0.29) is 5.91 Å². The Bertz CT molecular complexity index is 783. The number of carbonyl (C=O) groups excluding carboxylic acids is 2. The highest BCUT2D eigenvalue weighted by Gasteiger charge is 2.20. The number of rotatable bonds is 4. The van der Waals surface area contributed by atoms with E-state index in [0.717, 1.165) is 11.3 Å². The Morgan fingerprint density at radius 2 is 1.96 bits per heavy atom. The van der Waals surface area contributed by atoms with Gasteiger partial charge in [0.15, 0.2) is 11.5 Å². The van der Waals surface area contributed by atoms with Gasteiger partial charge in [-0.15, -0.1) is 11.3 Å². The molecular weight excluding hydrogens is 330 g/mol. The van der Waals surface area contributed by atoms with Gasteiger partial charge in [0.1, 0.15) is 18.2 Å². The molecule has 0 spiro atoms. The Hall–Kier alpha value is -2.54. The zero-order valence-electron chi connectivity index (χ0n) is 13.4. The molecule has 0 bridgehead atoms. The van der Waals surface area contributed by atoms with Crippen LogP contribution in [0.3, 0.4) is 0 Å². The molecule has 0 saturated carbocycles. The van der Waals surface area contributed by atoms with Crippen molar-refractivity contribution >= 4 is 28.2 Å². The number of hydrogen-bond acceptors (Lipinski definition) is 6. The molecule has 24 heavy (non-hydrogen) atoms. The molecule has 6 nitrogen and oxygen atoms in total. The average molecular weight is 347 g/mol. The molecular formula is C17H17NO5S. The molecule has 0 unspecified atom stereocenters. The van der Waals surface area contributed by atoms with Gasteiger partial charge in [-0.25, -0.2) is 4.79 Å². The first-order chi connectivity index (χ1) is 11.6. The summed E-state index contributed by atoms with van der Waals surface area (Å²) in [6.07, 6.45) is 0.772. The largest absolute Gasteiger partial charge is 0.486 e. The fraction of sp³-hybridized carbons (Fsp3) is 0.294. The van der Waals surface area contributed by atoms with Gasteiger partial charge in [0.2, 0.25) is 0 Å². The molecule has 7 heteroatoms. The van der Waals surface area contributed by atoms with Crippen LogP contribution >= 0.6 is 11.3 Å². The first-order valence-electron chi connectivity index (χ1n) is 7.54. The van der Waals surface area contributed by atoms with Crippen LogP contribution in [0, 0.1) is 0 Å². The van der Waals surface area contributed by atoms with Crippen molar-refractivity contribution in [3.05, 3.63) is 40.3 Å². The van der Waals surface area contributed by atoms with Crippen molar-refractivity contribution in [2.24, 2.45) is 0 Å². The Kier molecular flexibility index (Phi) is 4.71. The minimum absolute atomic E-state index is 0.318.